The standard InChI is InChI=1S/C21H24O4S.C17H28O2.C16H26O3.C10H16O4/c1-4-21(2,3)20(23)25-12-11-24-14-9-10-18-16(13-14)19(22)15-7-5-6-8-17(15)26-18;1-5-16(2,3)15(18)19-17(4)13-7-11-6-12(9-13)10-14(17)8-11;1-4-14(2,3)13(17)19-16-8-11-5-12(9-16)7-15(18,6-11)10-16;1-4-10(2,3)9(12)14-7-5-6-13-8(7)11/h5-10,13,19,22H,4,11-12H2,1-3H3;11-14H,5-10H2,1-4H3;11-12,18H,4-10H2,1-3H3;7H,4-6H2,1-3H3. The summed E-state index contributed by atoms with van der Waals surface area (Å²) in [6.45, 7) is 26.3. The summed E-state index contributed by atoms with van der Waals surface area (Å²) in [7, 11) is 0. The van der Waals surface area contributed by atoms with E-state index < -0.39 is 40.0 Å². The highest BCUT2D eigenvalue weighted by molar-refractivity contribution is 7.99. The summed E-state index contributed by atoms with van der Waals surface area (Å²) in [4.78, 5) is 61.5. The first-order valence-corrected chi connectivity index (χ1v) is 30.3. The number of hydrogen-bond acceptors (Lipinski definition) is 14. The van der Waals surface area contributed by atoms with Gasteiger partial charge in [-0.15, -0.1) is 0 Å². The third kappa shape index (κ3) is 13.9. The summed E-state index contributed by atoms with van der Waals surface area (Å²) in [5.74, 6) is 3.85. The van der Waals surface area contributed by atoms with Gasteiger partial charge in [0, 0.05) is 28.2 Å². The molecule has 0 amide bonds. The van der Waals surface area contributed by atoms with Crippen molar-refractivity contribution in [1.29, 1.82) is 0 Å². The molecule has 0 aromatic heterocycles. The van der Waals surface area contributed by atoms with Gasteiger partial charge in [0.05, 0.1) is 33.9 Å². The first-order chi connectivity index (χ1) is 36.5. The van der Waals surface area contributed by atoms with Gasteiger partial charge in [-0.1, -0.05) is 57.7 Å². The molecule has 8 aliphatic carbocycles. The maximum atomic E-state index is 12.5. The van der Waals surface area contributed by atoms with Crippen molar-refractivity contribution in [1.82, 2.24) is 0 Å². The van der Waals surface area contributed by atoms with E-state index in [1.807, 2.05) is 105 Å². The average molecular weight is 1100 g/mol. The number of cyclic esters (lactones) is 1. The molecule has 0 radical (unpaired) electrons. The molecule has 1 saturated heterocycles. The number of rotatable bonds is 15. The summed E-state index contributed by atoms with van der Waals surface area (Å²) in [6, 6.07) is 13.6. The Balaban J connectivity index is 0.000000154. The van der Waals surface area contributed by atoms with Gasteiger partial charge in [0.2, 0.25) is 6.10 Å². The third-order valence-corrected chi connectivity index (χ3v) is 20.7. The fourth-order valence-corrected chi connectivity index (χ4v) is 14.3. The number of esters is 5. The normalized spacial score (nSPS) is 30.8. The van der Waals surface area contributed by atoms with Crippen molar-refractivity contribution in [3.05, 3.63) is 53.6 Å². The number of aliphatic hydroxyl groups is 2. The van der Waals surface area contributed by atoms with E-state index in [4.69, 9.17) is 28.4 Å². The average Bonchev–Trinajstić information content (AvgIpc) is 3.93. The Labute approximate surface area is 470 Å². The van der Waals surface area contributed by atoms with Gasteiger partial charge in [0.15, 0.2) is 0 Å². The van der Waals surface area contributed by atoms with Crippen LogP contribution in [-0.4, -0.2) is 82.8 Å². The number of ether oxygens (including phenoxy) is 6. The molecule has 9 fully saturated rings. The van der Waals surface area contributed by atoms with E-state index in [0.717, 1.165) is 77.7 Å². The Morgan fingerprint density at radius 2 is 1.15 bits per heavy atom. The molecule has 4 atom stereocenters. The largest absolute Gasteiger partial charge is 0.490 e. The van der Waals surface area contributed by atoms with Gasteiger partial charge in [-0.25, -0.2) is 4.79 Å². The Morgan fingerprint density at radius 3 is 1.69 bits per heavy atom. The van der Waals surface area contributed by atoms with Crippen molar-refractivity contribution < 1.29 is 62.6 Å². The molecule has 2 heterocycles. The van der Waals surface area contributed by atoms with Crippen LogP contribution in [0.1, 0.15) is 210 Å². The zero-order valence-electron chi connectivity index (χ0n) is 49.4. The fraction of sp³-hybridized carbons (Fsp3) is 0.734. The second-order valence-corrected chi connectivity index (χ2v) is 28.2. The van der Waals surface area contributed by atoms with E-state index >= 15 is 0 Å². The number of aliphatic hydroxyl groups excluding tert-OH is 1. The van der Waals surface area contributed by atoms with Crippen LogP contribution < -0.4 is 4.74 Å². The molecule has 2 N–H and O–H groups in total. The number of hydrogen-bond donors (Lipinski definition) is 2. The van der Waals surface area contributed by atoms with Gasteiger partial charge < -0.3 is 38.6 Å². The molecule has 434 valence electrons. The molecular formula is C64H94O13S. The van der Waals surface area contributed by atoms with E-state index in [1.165, 1.54) is 38.5 Å². The fourth-order valence-electron chi connectivity index (χ4n) is 13.2. The van der Waals surface area contributed by atoms with E-state index in [2.05, 4.69) is 13.8 Å². The van der Waals surface area contributed by atoms with Gasteiger partial charge in [-0.2, -0.15) is 0 Å². The van der Waals surface area contributed by atoms with Crippen molar-refractivity contribution in [3.8, 4) is 5.75 Å². The van der Waals surface area contributed by atoms with Crippen LogP contribution in [-0.2, 0) is 47.7 Å². The second kappa shape index (κ2) is 24.1. The smallest absolute Gasteiger partial charge is 0.347 e. The number of carbonyl (C=O) groups is 5. The molecule has 14 heteroatoms. The highest BCUT2D eigenvalue weighted by Crippen LogP contribution is 2.61. The topological polar surface area (TPSA) is 181 Å². The summed E-state index contributed by atoms with van der Waals surface area (Å²) >= 11 is 1.65. The molecule has 78 heavy (non-hydrogen) atoms. The molecule has 0 spiro atoms. The zero-order chi connectivity index (χ0) is 57.2. The van der Waals surface area contributed by atoms with Gasteiger partial charge in [-0.3, -0.25) is 19.2 Å². The Bertz CT molecular complexity index is 2430. The van der Waals surface area contributed by atoms with Crippen LogP contribution in [0.15, 0.2) is 52.3 Å². The van der Waals surface area contributed by atoms with Crippen molar-refractivity contribution in [2.24, 2.45) is 57.2 Å². The van der Waals surface area contributed by atoms with Crippen molar-refractivity contribution >= 4 is 41.6 Å². The van der Waals surface area contributed by atoms with Crippen LogP contribution >= 0.6 is 11.8 Å². The minimum Gasteiger partial charge on any atom is -0.490 e. The highest BCUT2D eigenvalue weighted by Gasteiger charge is 2.60. The van der Waals surface area contributed by atoms with Crippen LogP contribution in [0.2, 0.25) is 0 Å². The Hall–Kier alpha value is -4.14. The summed E-state index contributed by atoms with van der Waals surface area (Å²) in [5, 5.41) is 21.3. The van der Waals surface area contributed by atoms with Crippen LogP contribution in [0, 0.1) is 57.2 Å². The second-order valence-electron chi connectivity index (χ2n) is 27.2. The van der Waals surface area contributed by atoms with Gasteiger partial charge >= 0.3 is 29.8 Å². The maximum absolute atomic E-state index is 12.5. The molecule has 4 unspecified atom stereocenters. The Morgan fingerprint density at radius 1 is 0.641 bits per heavy atom. The number of carbonyl (C=O) groups excluding carboxylic acids is 5. The molecule has 2 aromatic carbocycles. The van der Waals surface area contributed by atoms with Crippen molar-refractivity contribution in [3.63, 3.8) is 0 Å². The number of benzene rings is 2. The van der Waals surface area contributed by atoms with Crippen LogP contribution in [0.4, 0.5) is 0 Å². The lowest BCUT2D eigenvalue weighted by Gasteiger charge is -2.59. The SMILES string of the molecule is CCC(C)(C)C(=O)OC1(C)C2CC3CC(C2)CC1C3.CCC(C)(C)C(=O)OC12CC3CC(CC(O)(C3)C1)C2.CCC(C)(C)C(=O)OC1CCOC1=O.CCC(C)(C)C(=O)OCCOc1ccc2c(c1)C(O)c1ccccc1S2. The minimum absolute atomic E-state index is 0.0185. The van der Waals surface area contributed by atoms with Crippen LogP contribution in [0.25, 0.3) is 0 Å². The molecule has 8 saturated carbocycles. The summed E-state index contributed by atoms with van der Waals surface area (Å²) < 4.78 is 32.9. The first-order valence-electron chi connectivity index (χ1n) is 29.5. The summed E-state index contributed by atoms with van der Waals surface area (Å²) in [5.41, 5.74) is -1.07. The quantitative estimate of drug-likeness (QED) is 0.0976. The first kappa shape index (κ1) is 61.5. The van der Waals surface area contributed by atoms with Crippen molar-refractivity contribution in [2.45, 2.75) is 232 Å². The van der Waals surface area contributed by atoms with E-state index in [9.17, 15) is 34.2 Å². The van der Waals surface area contributed by atoms with E-state index in [0.29, 0.717) is 55.3 Å². The van der Waals surface area contributed by atoms with Gasteiger partial charge in [-0.05, 0) is 218 Å². The maximum Gasteiger partial charge on any atom is 0.347 e. The molecule has 2 aliphatic heterocycles. The van der Waals surface area contributed by atoms with E-state index in [-0.39, 0.29) is 53.7 Å². The molecule has 8 bridgehead atoms. The third-order valence-electron chi connectivity index (χ3n) is 19.5. The van der Waals surface area contributed by atoms with Gasteiger partial charge in [0.1, 0.15) is 36.3 Å². The molecule has 10 aliphatic rings. The minimum atomic E-state index is -0.687. The Kier molecular flexibility index (Phi) is 19.0. The molecule has 13 nitrogen and oxygen atoms in total. The predicted molar refractivity (Wildman–Crippen MR) is 299 cm³/mol. The summed E-state index contributed by atoms with van der Waals surface area (Å²) in [6.07, 6.45) is 14.5. The van der Waals surface area contributed by atoms with Crippen LogP contribution in [0.5, 0.6) is 5.75 Å². The van der Waals surface area contributed by atoms with Gasteiger partial charge in [0.25, 0.3) is 0 Å². The molecule has 12 rings (SSSR count). The zero-order valence-corrected chi connectivity index (χ0v) is 50.2. The lowest BCUT2D eigenvalue weighted by atomic mass is 9.50. The van der Waals surface area contributed by atoms with Crippen LogP contribution in [0.3, 0.4) is 0 Å². The van der Waals surface area contributed by atoms with Crippen molar-refractivity contribution in [2.75, 3.05) is 19.8 Å². The molecule has 2 aromatic rings. The lowest BCUT2D eigenvalue weighted by molar-refractivity contribution is -0.225. The molecular weight excluding hydrogens is 1010 g/mol. The van der Waals surface area contributed by atoms with E-state index in [1.54, 1.807) is 25.6 Å². The predicted octanol–water partition coefficient (Wildman–Crippen LogP) is 13.1. The number of fused-ring (bicyclic) bond motifs is 2. The monoisotopic (exact) mass is 1100 g/mol. The lowest BCUT2D eigenvalue weighted by Crippen LogP contribution is -2.61. The highest BCUT2D eigenvalue weighted by atomic mass is 32.2.